The van der Waals surface area contributed by atoms with Gasteiger partial charge in [-0.25, -0.2) is 0 Å². The first-order valence-corrected chi connectivity index (χ1v) is 4.97. The normalized spacial score (nSPS) is 10.6. The lowest BCUT2D eigenvalue weighted by molar-refractivity contribution is 0.388. The van der Waals surface area contributed by atoms with Crippen LogP contribution in [0.1, 0.15) is 0 Å². The molecular weight excluding hydrogens is 204 g/mol. The van der Waals surface area contributed by atoms with E-state index in [0.29, 0.717) is 5.06 Å². The fourth-order valence-corrected chi connectivity index (χ4v) is 2.43. The predicted molar refractivity (Wildman–Crippen MR) is 57.3 cm³/mol. The number of hydrogen-bond donors (Lipinski definition) is 2. The Bertz CT molecular complexity index is 448. The van der Waals surface area contributed by atoms with Crippen molar-refractivity contribution in [3.8, 4) is 10.8 Å². The minimum atomic E-state index is 0.218. The molecule has 0 atom stereocenters. The molecule has 68 valence electrons. The third-order valence-electron chi connectivity index (χ3n) is 1.80. The lowest BCUT2D eigenvalue weighted by Gasteiger charge is -1.93. The molecular formula is C9H8O2S2. The Hall–Kier alpha value is -0.870. The van der Waals surface area contributed by atoms with Gasteiger partial charge in [0.15, 0.2) is 5.75 Å². The molecule has 2 aromatic rings. The van der Waals surface area contributed by atoms with Gasteiger partial charge in [0.2, 0.25) is 5.06 Å². The molecule has 0 bridgehead atoms. The molecule has 1 N–H and O–H groups in total. The van der Waals surface area contributed by atoms with Gasteiger partial charge in [-0.3, -0.25) is 0 Å². The largest absolute Gasteiger partial charge is 0.503 e. The molecule has 0 amide bonds. The van der Waals surface area contributed by atoms with Crippen LogP contribution in [0.25, 0.3) is 10.1 Å². The third kappa shape index (κ3) is 1.36. The van der Waals surface area contributed by atoms with Crippen LogP contribution in [0.3, 0.4) is 0 Å². The summed E-state index contributed by atoms with van der Waals surface area (Å²) in [6.45, 7) is 0. The number of thiophene rings is 1. The van der Waals surface area contributed by atoms with E-state index in [2.05, 4.69) is 12.6 Å². The number of rotatable bonds is 1. The average molecular weight is 212 g/mol. The van der Waals surface area contributed by atoms with E-state index >= 15 is 0 Å². The van der Waals surface area contributed by atoms with Crippen molar-refractivity contribution in [2.75, 3.05) is 7.11 Å². The highest BCUT2D eigenvalue weighted by Crippen LogP contribution is 2.43. The molecule has 0 saturated heterocycles. The summed E-state index contributed by atoms with van der Waals surface area (Å²) in [7, 11) is 1.55. The van der Waals surface area contributed by atoms with Crippen LogP contribution in [-0.2, 0) is 0 Å². The van der Waals surface area contributed by atoms with Gasteiger partial charge >= 0.3 is 0 Å². The van der Waals surface area contributed by atoms with Crippen molar-refractivity contribution in [3.05, 3.63) is 18.2 Å². The molecule has 1 aromatic carbocycles. The van der Waals surface area contributed by atoms with E-state index in [1.807, 2.05) is 18.2 Å². The Morgan fingerprint density at radius 3 is 2.92 bits per heavy atom. The van der Waals surface area contributed by atoms with Crippen LogP contribution in [0.5, 0.6) is 10.8 Å². The second kappa shape index (κ2) is 3.12. The van der Waals surface area contributed by atoms with E-state index in [1.165, 1.54) is 11.3 Å². The van der Waals surface area contributed by atoms with E-state index < -0.39 is 0 Å². The van der Waals surface area contributed by atoms with Crippen LogP contribution in [0.15, 0.2) is 23.1 Å². The molecule has 0 spiro atoms. The maximum Gasteiger partial charge on any atom is 0.217 e. The zero-order valence-corrected chi connectivity index (χ0v) is 8.65. The van der Waals surface area contributed by atoms with Gasteiger partial charge in [0.25, 0.3) is 0 Å². The quantitative estimate of drug-likeness (QED) is 0.712. The Morgan fingerprint density at radius 2 is 2.23 bits per heavy atom. The van der Waals surface area contributed by atoms with Gasteiger partial charge < -0.3 is 9.84 Å². The smallest absolute Gasteiger partial charge is 0.217 e. The first-order chi connectivity index (χ1) is 6.22. The molecule has 2 rings (SSSR count). The zero-order chi connectivity index (χ0) is 9.42. The van der Waals surface area contributed by atoms with Crippen molar-refractivity contribution in [1.29, 1.82) is 0 Å². The zero-order valence-electron chi connectivity index (χ0n) is 6.94. The number of thiol groups is 1. The summed E-state index contributed by atoms with van der Waals surface area (Å²) < 4.78 is 6.00. The summed E-state index contributed by atoms with van der Waals surface area (Å²) >= 11 is 5.63. The Kier molecular flexibility index (Phi) is 2.09. The number of hydrogen-bond acceptors (Lipinski definition) is 4. The SMILES string of the molecule is COc1sc2cc(S)ccc2c1O. The molecule has 0 radical (unpaired) electrons. The van der Waals surface area contributed by atoms with Crippen molar-refractivity contribution >= 4 is 34.1 Å². The van der Waals surface area contributed by atoms with E-state index in [9.17, 15) is 5.11 Å². The van der Waals surface area contributed by atoms with Gasteiger partial charge in [-0.1, -0.05) is 11.3 Å². The maximum absolute atomic E-state index is 9.64. The monoisotopic (exact) mass is 212 g/mol. The maximum atomic E-state index is 9.64. The van der Waals surface area contributed by atoms with Gasteiger partial charge in [-0.15, -0.1) is 12.6 Å². The lowest BCUT2D eigenvalue weighted by Crippen LogP contribution is -1.75. The molecule has 0 unspecified atom stereocenters. The highest BCUT2D eigenvalue weighted by atomic mass is 32.1. The van der Waals surface area contributed by atoms with Gasteiger partial charge in [0.05, 0.1) is 7.11 Å². The Morgan fingerprint density at radius 1 is 1.46 bits per heavy atom. The van der Waals surface area contributed by atoms with Crippen LogP contribution < -0.4 is 4.74 Å². The van der Waals surface area contributed by atoms with Gasteiger partial charge in [0.1, 0.15) is 0 Å². The van der Waals surface area contributed by atoms with Crippen molar-refractivity contribution in [2.24, 2.45) is 0 Å². The van der Waals surface area contributed by atoms with Crippen LogP contribution in [0.2, 0.25) is 0 Å². The molecule has 1 aromatic heterocycles. The summed E-state index contributed by atoms with van der Waals surface area (Å²) in [4.78, 5) is 0.886. The lowest BCUT2D eigenvalue weighted by atomic mass is 10.2. The van der Waals surface area contributed by atoms with Crippen LogP contribution in [0, 0.1) is 0 Å². The van der Waals surface area contributed by atoms with Crippen molar-refractivity contribution in [1.82, 2.24) is 0 Å². The van der Waals surface area contributed by atoms with Gasteiger partial charge in [-0.2, -0.15) is 0 Å². The second-order valence-electron chi connectivity index (χ2n) is 2.62. The number of methoxy groups -OCH3 is 1. The molecule has 2 nitrogen and oxygen atoms in total. The van der Waals surface area contributed by atoms with E-state index in [1.54, 1.807) is 7.11 Å². The topological polar surface area (TPSA) is 29.5 Å². The predicted octanol–water partition coefficient (Wildman–Crippen LogP) is 2.90. The molecule has 0 saturated carbocycles. The average Bonchev–Trinajstić information content (AvgIpc) is 2.42. The van der Waals surface area contributed by atoms with Crippen molar-refractivity contribution in [3.63, 3.8) is 0 Å². The van der Waals surface area contributed by atoms with Crippen molar-refractivity contribution < 1.29 is 9.84 Å². The minimum Gasteiger partial charge on any atom is -0.503 e. The molecule has 0 aliphatic carbocycles. The number of aromatic hydroxyl groups is 1. The number of ether oxygens (including phenoxy) is 1. The van der Waals surface area contributed by atoms with Gasteiger partial charge in [-0.05, 0) is 18.2 Å². The first-order valence-electron chi connectivity index (χ1n) is 3.71. The van der Waals surface area contributed by atoms with E-state index in [-0.39, 0.29) is 5.75 Å². The fourth-order valence-electron chi connectivity index (χ4n) is 1.19. The summed E-state index contributed by atoms with van der Waals surface area (Å²) in [6.07, 6.45) is 0. The molecule has 13 heavy (non-hydrogen) atoms. The highest BCUT2D eigenvalue weighted by molar-refractivity contribution is 7.80. The number of benzene rings is 1. The third-order valence-corrected chi connectivity index (χ3v) is 3.18. The van der Waals surface area contributed by atoms with E-state index in [0.717, 1.165) is 15.0 Å². The molecule has 4 heteroatoms. The van der Waals surface area contributed by atoms with Crippen LogP contribution in [-0.4, -0.2) is 12.2 Å². The summed E-state index contributed by atoms with van der Waals surface area (Å²) in [5.41, 5.74) is 0. The number of fused-ring (bicyclic) bond motifs is 1. The molecule has 0 aliphatic heterocycles. The van der Waals surface area contributed by atoms with E-state index in [4.69, 9.17) is 4.74 Å². The van der Waals surface area contributed by atoms with Gasteiger partial charge in [0, 0.05) is 15.0 Å². The fraction of sp³-hybridized carbons (Fsp3) is 0.111. The molecule has 0 aliphatic rings. The second-order valence-corrected chi connectivity index (χ2v) is 4.15. The summed E-state index contributed by atoms with van der Waals surface area (Å²) in [5.74, 6) is 0.218. The Balaban J connectivity index is 2.76. The summed E-state index contributed by atoms with van der Waals surface area (Å²) in [6, 6.07) is 5.59. The first kappa shape index (κ1) is 8.72. The van der Waals surface area contributed by atoms with Crippen LogP contribution >= 0.6 is 24.0 Å². The minimum absolute atomic E-state index is 0.218. The van der Waals surface area contributed by atoms with Crippen molar-refractivity contribution in [2.45, 2.75) is 4.90 Å². The standard InChI is InChI=1S/C9H8O2S2/c1-11-9-8(10)6-3-2-5(12)4-7(6)13-9/h2-4,10,12H,1H3. The highest BCUT2D eigenvalue weighted by Gasteiger charge is 2.10. The summed E-state index contributed by atoms with van der Waals surface area (Å²) in [5, 5.41) is 11.0. The Labute approximate surface area is 85.2 Å². The van der Waals surface area contributed by atoms with Crippen LogP contribution in [0.4, 0.5) is 0 Å². The molecule has 1 heterocycles. The molecule has 0 fully saturated rings.